The molecule has 3 aromatic carbocycles. The molecule has 1 aliphatic carbocycles. The van der Waals surface area contributed by atoms with Crippen LogP contribution >= 0.6 is 24.0 Å². The van der Waals surface area contributed by atoms with Crippen LogP contribution < -0.4 is 21.9 Å². The number of nitrogens with zero attached hydrogens (tertiary/aromatic N) is 2. The standard InChI is InChI=1S/C31H31ClN6O2.ClH/c32-27-26-23(15-19-10-11-20-4-1-2-5-22(20)14-19)16-25(38(26)31(40)29(37-27)36-24-6-3-7-24)30(39)35-17-18-8-12-21(13-9-18)28(33)34;/h1-2,4-5,8-14,23-25H,3,6-7,15-17H2,(H3,33,34)(H,35,39)(H,36,37);1H/t23-,25-;/m0./s1. The van der Waals surface area contributed by atoms with Gasteiger partial charge in [-0.25, -0.2) is 4.98 Å². The van der Waals surface area contributed by atoms with Crippen LogP contribution in [0.5, 0.6) is 0 Å². The van der Waals surface area contributed by atoms with Crippen LogP contribution in [-0.4, -0.2) is 27.3 Å². The van der Waals surface area contributed by atoms with E-state index in [0.29, 0.717) is 30.6 Å². The highest BCUT2D eigenvalue weighted by Gasteiger charge is 2.39. The van der Waals surface area contributed by atoms with E-state index in [2.05, 4.69) is 45.9 Å². The van der Waals surface area contributed by atoms with Crippen LogP contribution in [0.3, 0.4) is 0 Å². The molecule has 2 heterocycles. The van der Waals surface area contributed by atoms with Gasteiger partial charge in [-0.2, -0.15) is 0 Å². The van der Waals surface area contributed by atoms with Crippen LogP contribution in [0.25, 0.3) is 10.8 Å². The van der Waals surface area contributed by atoms with E-state index in [0.717, 1.165) is 41.2 Å². The first-order valence-corrected chi connectivity index (χ1v) is 14.0. The molecule has 2 aliphatic rings. The monoisotopic (exact) mass is 590 g/mol. The minimum absolute atomic E-state index is 0. The Kier molecular flexibility index (Phi) is 8.33. The fourth-order valence-corrected chi connectivity index (χ4v) is 6.02. The number of fused-ring (bicyclic) bond motifs is 2. The van der Waals surface area contributed by atoms with E-state index in [-0.39, 0.29) is 52.6 Å². The van der Waals surface area contributed by atoms with Crippen molar-refractivity contribution in [2.24, 2.45) is 5.73 Å². The number of rotatable bonds is 8. The first-order chi connectivity index (χ1) is 19.4. The number of nitrogens with two attached hydrogens (primary N) is 1. The Morgan fingerprint density at radius 1 is 1.05 bits per heavy atom. The van der Waals surface area contributed by atoms with Crippen molar-refractivity contribution in [2.45, 2.75) is 56.7 Å². The topological polar surface area (TPSA) is 126 Å². The van der Waals surface area contributed by atoms with E-state index >= 15 is 0 Å². The molecule has 0 radical (unpaired) electrons. The summed E-state index contributed by atoms with van der Waals surface area (Å²) in [4.78, 5) is 31.8. The molecule has 1 fully saturated rings. The van der Waals surface area contributed by atoms with Gasteiger partial charge in [0.1, 0.15) is 11.9 Å². The molecule has 1 amide bonds. The van der Waals surface area contributed by atoms with Crippen molar-refractivity contribution < 1.29 is 4.79 Å². The average molecular weight is 592 g/mol. The lowest BCUT2D eigenvalue weighted by atomic mass is 9.92. The highest BCUT2D eigenvalue weighted by Crippen LogP contribution is 2.41. The molecule has 2 atom stereocenters. The molecule has 10 heteroatoms. The molecule has 1 saturated carbocycles. The third-order valence-electron chi connectivity index (χ3n) is 8.08. The van der Waals surface area contributed by atoms with Crippen LogP contribution in [0.4, 0.5) is 5.82 Å². The maximum Gasteiger partial charge on any atom is 0.294 e. The number of nitrogen functional groups attached to an aromatic ring is 1. The van der Waals surface area contributed by atoms with E-state index < -0.39 is 6.04 Å². The van der Waals surface area contributed by atoms with Gasteiger partial charge in [0.2, 0.25) is 5.91 Å². The van der Waals surface area contributed by atoms with E-state index in [9.17, 15) is 9.59 Å². The second kappa shape index (κ2) is 11.9. The van der Waals surface area contributed by atoms with Gasteiger partial charge < -0.3 is 16.4 Å². The predicted octanol–water partition coefficient (Wildman–Crippen LogP) is 5.31. The maximum atomic E-state index is 13.7. The second-order valence-corrected chi connectivity index (χ2v) is 11.1. The molecular weight excluding hydrogens is 559 g/mol. The van der Waals surface area contributed by atoms with Crippen molar-refractivity contribution in [3.05, 3.63) is 105 Å². The minimum Gasteiger partial charge on any atom is -0.384 e. The van der Waals surface area contributed by atoms with E-state index in [1.807, 2.05) is 24.3 Å². The third-order valence-corrected chi connectivity index (χ3v) is 8.36. The highest BCUT2D eigenvalue weighted by molar-refractivity contribution is 6.30. The summed E-state index contributed by atoms with van der Waals surface area (Å²) in [6.07, 6.45) is 4.17. The number of nitrogens with one attached hydrogen (secondary N) is 3. The van der Waals surface area contributed by atoms with Gasteiger partial charge in [-0.05, 0) is 54.0 Å². The van der Waals surface area contributed by atoms with Crippen molar-refractivity contribution in [3.63, 3.8) is 0 Å². The zero-order valence-electron chi connectivity index (χ0n) is 22.4. The Balaban J connectivity index is 0.00000337. The Morgan fingerprint density at radius 2 is 1.76 bits per heavy atom. The molecule has 0 spiro atoms. The molecule has 8 nitrogen and oxygen atoms in total. The van der Waals surface area contributed by atoms with Gasteiger partial charge in [0.05, 0.1) is 5.69 Å². The van der Waals surface area contributed by atoms with Gasteiger partial charge in [0.25, 0.3) is 5.56 Å². The fourth-order valence-electron chi connectivity index (χ4n) is 5.69. The fraction of sp³-hybridized carbons (Fsp3) is 0.290. The molecule has 1 aromatic heterocycles. The molecule has 6 rings (SSSR count). The number of aromatic nitrogens is 2. The molecule has 0 unspecified atom stereocenters. The van der Waals surface area contributed by atoms with Crippen molar-refractivity contribution in [3.8, 4) is 0 Å². The second-order valence-electron chi connectivity index (χ2n) is 10.7. The van der Waals surface area contributed by atoms with E-state index in [1.54, 1.807) is 16.7 Å². The van der Waals surface area contributed by atoms with Crippen LogP contribution in [0.2, 0.25) is 5.15 Å². The average Bonchev–Trinajstić information content (AvgIpc) is 3.32. The lowest BCUT2D eigenvalue weighted by Crippen LogP contribution is -2.38. The van der Waals surface area contributed by atoms with Gasteiger partial charge >= 0.3 is 0 Å². The molecule has 212 valence electrons. The molecule has 5 N–H and O–H groups in total. The maximum absolute atomic E-state index is 13.7. The Hall–Kier alpha value is -3.88. The lowest BCUT2D eigenvalue weighted by molar-refractivity contribution is -0.124. The number of carbonyl (C=O) groups is 1. The summed E-state index contributed by atoms with van der Waals surface area (Å²) in [6, 6.07) is 21.2. The summed E-state index contributed by atoms with van der Waals surface area (Å²) in [7, 11) is 0. The minimum atomic E-state index is -0.702. The quantitative estimate of drug-likeness (QED) is 0.163. The van der Waals surface area contributed by atoms with Crippen molar-refractivity contribution in [1.29, 1.82) is 5.41 Å². The normalized spacial score (nSPS) is 17.8. The zero-order valence-corrected chi connectivity index (χ0v) is 24.0. The summed E-state index contributed by atoms with van der Waals surface area (Å²) in [5.41, 5.74) is 8.47. The third kappa shape index (κ3) is 5.80. The van der Waals surface area contributed by atoms with E-state index in [4.69, 9.17) is 22.7 Å². The molecule has 0 saturated heterocycles. The smallest absolute Gasteiger partial charge is 0.294 e. The molecule has 0 bridgehead atoms. The van der Waals surface area contributed by atoms with Crippen LogP contribution in [0.15, 0.2) is 71.5 Å². The van der Waals surface area contributed by atoms with Gasteiger partial charge in [-0.3, -0.25) is 19.6 Å². The number of carbonyl (C=O) groups excluding carboxylic acids is 1. The number of amides is 1. The van der Waals surface area contributed by atoms with E-state index in [1.165, 1.54) is 0 Å². The number of anilines is 1. The van der Waals surface area contributed by atoms with Gasteiger partial charge in [-0.1, -0.05) is 78.3 Å². The van der Waals surface area contributed by atoms with Crippen LogP contribution in [0.1, 0.15) is 60.0 Å². The summed E-state index contributed by atoms with van der Waals surface area (Å²) in [5, 5.41) is 16.4. The van der Waals surface area contributed by atoms with Gasteiger partial charge in [0.15, 0.2) is 11.0 Å². The predicted molar refractivity (Wildman–Crippen MR) is 165 cm³/mol. The highest BCUT2D eigenvalue weighted by atomic mass is 35.5. The molecule has 4 aromatic rings. The van der Waals surface area contributed by atoms with Gasteiger partial charge in [-0.15, -0.1) is 12.4 Å². The summed E-state index contributed by atoms with van der Waals surface area (Å²) in [6.45, 7) is 0.291. The van der Waals surface area contributed by atoms with Crippen LogP contribution in [0, 0.1) is 5.41 Å². The van der Waals surface area contributed by atoms with Crippen molar-refractivity contribution in [2.75, 3.05) is 5.32 Å². The largest absolute Gasteiger partial charge is 0.384 e. The number of benzene rings is 3. The number of hydrogen-bond acceptors (Lipinski definition) is 5. The summed E-state index contributed by atoms with van der Waals surface area (Å²) < 4.78 is 1.57. The lowest BCUT2D eigenvalue weighted by Gasteiger charge is -2.27. The van der Waals surface area contributed by atoms with Crippen LogP contribution in [-0.2, 0) is 17.8 Å². The first-order valence-electron chi connectivity index (χ1n) is 13.6. The van der Waals surface area contributed by atoms with Gasteiger partial charge in [0, 0.05) is 24.1 Å². The zero-order chi connectivity index (χ0) is 27.8. The number of amidine groups is 1. The SMILES string of the molecule is Cl.N=C(N)c1ccc(CNC(=O)[C@@H]2C[C@H](Cc3ccc4ccccc4c3)c3c(Cl)nc(NC4CCC4)c(=O)n32)cc1. The Labute approximate surface area is 249 Å². The number of hydrogen-bond donors (Lipinski definition) is 4. The first kappa shape index (κ1) is 28.6. The molecular formula is C31H32Cl2N6O2. The molecule has 41 heavy (non-hydrogen) atoms. The van der Waals surface area contributed by atoms with Crippen molar-refractivity contribution in [1.82, 2.24) is 14.9 Å². The van der Waals surface area contributed by atoms with Crippen molar-refractivity contribution >= 4 is 52.3 Å². The number of halogens is 2. The molecule has 1 aliphatic heterocycles. The summed E-state index contributed by atoms with van der Waals surface area (Å²) >= 11 is 6.76. The Bertz CT molecular complexity index is 1670. The Morgan fingerprint density at radius 3 is 2.44 bits per heavy atom. The summed E-state index contributed by atoms with van der Waals surface area (Å²) in [5.74, 6) is -0.178.